The first kappa shape index (κ1) is 40.4. The molecule has 0 N–H and O–H groups in total. The molecule has 0 saturated heterocycles. The molecule has 5 rings (SSSR count). The van der Waals surface area contributed by atoms with Crippen LogP contribution in [0.4, 0.5) is 0 Å². The number of carbonyl (C=O) groups excluding carboxylic acids is 1. The normalized spacial score (nSPS) is 38.6. The molecule has 0 aromatic rings. The summed E-state index contributed by atoms with van der Waals surface area (Å²) in [5, 5.41) is 0. The molecule has 2 heteroatoms. The van der Waals surface area contributed by atoms with E-state index in [1.54, 1.807) is 0 Å². The molecule has 2 nitrogen and oxygen atoms in total. The maximum absolute atomic E-state index is 13.2. The highest BCUT2D eigenvalue weighted by Gasteiger charge is 2.68. The van der Waals surface area contributed by atoms with E-state index in [9.17, 15) is 4.79 Å². The van der Waals surface area contributed by atoms with E-state index in [0.29, 0.717) is 39.4 Å². The number of allylic oxidation sites excluding steroid dienone is 2. The van der Waals surface area contributed by atoms with Crippen molar-refractivity contribution in [3.63, 3.8) is 0 Å². The standard InChI is InChI=1S/C48H84O2/c1-10-11-12-13-14-15-16-17-18-19-20-21-22-23-24-25-42(49)50-41-29-30-46(7)39(44(41,4)5)28-31-48(9)40(46)27-26-37-38-36-43(2,3)32-33-45(38,6)34-35-47(37,48)8/h26,38-41H,10-25,27-36H2,1-9H3/t38-,39-,40+,41-,45+,46-,47+,48+/m0/s1. The van der Waals surface area contributed by atoms with E-state index in [0.717, 1.165) is 24.7 Å². The molecule has 0 radical (unpaired) electrons. The number of rotatable bonds is 17. The van der Waals surface area contributed by atoms with Crippen molar-refractivity contribution >= 4 is 5.97 Å². The van der Waals surface area contributed by atoms with Gasteiger partial charge >= 0.3 is 5.97 Å². The minimum atomic E-state index is 0.0302. The van der Waals surface area contributed by atoms with Gasteiger partial charge in [-0.25, -0.2) is 0 Å². The number of esters is 1. The summed E-state index contributed by atoms with van der Waals surface area (Å²) in [6.07, 6.45) is 36.9. The van der Waals surface area contributed by atoms with Crippen molar-refractivity contribution in [2.45, 2.75) is 235 Å². The molecule has 0 aliphatic heterocycles. The number of fused-ring (bicyclic) bond motifs is 7. The molecule has 0 spiro atoms. The molecular weight excluding hydrogens is 609 g/mol. The lowest BCUT2D eigenvalue weighted by molar-refractivity contribution is -0.212. The number of carbonyl (C=O) groups is 1. The molecule has 288 valence electrons. The van der Waals surface area contributed by atoms with Crippen LogP contribution < -0.4 is 0 Å². The first-order valence-electron chi connectivity index (χ1n) is 22.5. The van der Waals surface area contributed by atoms with Crippen LogP contribution in [0.2, 0.25) is 0 Å². The monoisotopic (exact) mass is 693 g/mol. The third-order valence-corrected chi connectivity index (χ3v) is 17.3. The third kappa shape index (κ3) is 8.15. The van der Waals surface area contributed by atoms with Crippen LogP contribution in [0.5, 0.6) is 0 Å². The van der Waals surface area contributed by atoms with Gasteiger partial charge in [0.05, 0.1) is 0 Å². The zero-order valence-corrected chi connectivity index (χ0v) is 35.1. The second-order valence-electron chi connectivity index (χ2n) is 21.4. The molecule has 50 heavy (non-hydrogen) atoms. The Balaban J connectivity index is 1.07. The quantitative estimate of drug-likeness (QED) is 0.0861. The molecule has 4 fully saturated rings. The van der Waals surface area contributed by atoms with Crippen molar-refractivity contribution in [3.8, 4) is 0 Å². The fourth-order valence-corrected chi connectivity index (χ4v) is 13.6. The van der Waals surface area contributed by atoms with E-state index in [4.69, 9.17) is 4.74 Å². The summed E-state index contributed by atoms with van der Waals surface area (Å²) in [7, 11) is 0. The second kappa shape index (κ2) is 16.3. The lowest BCUT2D eigenvalue weighted by atomic mass is 9.33. The van der Waals surface area contributed by atoms with Gasteiger partial charge in [-0.3, -0.25) is 4.79 Å². The van der Waals surface area contributed by atoms with Crippen molar-refractivity contribution in [1.82, 2.24) is 0 Å². The average molecular weight is 693 g/mol. The van der Waals surface area contributed by atoms with E-state index >= 15 is 0 Å². The average Bonchev–Trinajstić information content (AvgIpc) is 3.05. The Morgan fingerprint density at radius 3 is 1.82 bits per heavy atom. The summed E-state index contributed by atoms with van der Waals surface area (Å²) >= 11 is 0. The molecule has 8 atom stereocenters. The molecule has 0 aromatic heterocycles. The van der Waals surface area contributed by atoms with Crippen molar-refractivity contribution in [1.29, 1.82) is 0 Å². The highest BCUT2D eigenvalue weighted by atomic mass is 16.5. The zero-order valence-electron chi connectivity index (χ0n) is 35.1. The van der Waals surface area contributed by atoms with Gasteiger partial charge in [0.15, 0.2) is 0 Å². The van der Waals surface area contributed by atoms with Crippen LogP contribution in [-0.4, -0.2) is 12.1 Å². The van der Waals surface area contributed by atoms with Gasteiger partial charge < -0.3 is 4.74 Å². The molecular formula is C48H84O2. The summed E-state index contributed by atoms with van der Waals surface area (Å²) in [6.45, 7) is 23.1. The van der Waals surface area contributed by atoms with Crippen LogP contribution >= 0.6 is 0 Å². The first-order valence-corrected chi connectivity index (χ1v) is 22.5. The van der Waals surface area contributed by atoms with Gasteiger partial charge in [-0.1, -0.05) is 164 Å². The molecule has 4 saturated carbocycles. The van der Waals surface area contributed by atoms with Crippen molar-refractivity contribution in [2.75, 3.05) is 0 Å². The van der Waals surface area contributed by atoms with Gasteiger partial charge in [-0.15, -0.1) is 0 Å². The maximum atomic E-state index is 13.2. The lowest BCUT2D eigenvalue weighted by Gasteiger charge is -2.71. The highest BCUT2D eigenvalue weighted by molar-refractivity contribution is 5.69. The Morgan fingerprint density at radius 1 is 0.660 bits per heavy atom. The lowest BCUT2D eigenvalue weighted by Crippen LogP contribution is -2.64. The van der Waals surface area contributed by atoms with Gasteiger partial charge in [-0.05, 0) is 115 Å². The van der Waals surface area contributed by atoms with Crippen molar-refractivity contribution < 1.29 is 9.53 Å². The van der Waals surface area contributed by atoms with Gasteiger partial charge in [-0.2, -0.15) is 0 Å². The highest BCUT2D eigenvalue weighted by Crippen LogP contribution is 2.75. The molecule has 0 amide bonds. The smallest absolute Gasteiger partial charge is 0.306 e. The number of hydrogen-bond donors (Lipinski definition) is 0. The predicted octanol–water partition coefficient (Wildman–Crippen LogP) is 15.0. The van der Waals surface area contributed by atoms with Crippen LogP contribution in [-0.2, 0) is 9.53 Å². The Labute approximate surface area is 311 Å². The number of unbranched alkanes of at least 4 members (excludes halogenated alkanes) is 14. The molecule has 5 aliphatic rings. The largest absolute Gasteiger partial charge is 0.462 e. The predicted molar refractivity (Wildman–Crippen MR) is 214 cm³/mol. The SMILES string of the molecule is CCCCCCCCCCCCCCCCCC(=O)O[C@H]1CC[C@]2(C)[C@H]3CC=C4[C@@H]5CC(C)(C)CC[C@]5(C)CC[C@@]4(C)[C@]3(C)CC[C@H]2C1(C)C. The Hall–Kier alpha value is -0.790. The van der Waals surface area contributed by atoms with E-state index in [-0.39, 0.29) is 17.5 Å². The molecule has 5 aliphatic carbocycles. The number of ether oxygens (including phenoxy) is 1. The van der Waals surface area contributed by atoms with E-state index in [1.165, 1.54) is 148 Å². The van der Waals surface area contributed by atoms with Gasteiger partial charge in [0, 0.05) is 11.8 Å². The molecule has 0 bridgehead atoms. The summed E-state index contributed by atoms with van der Waals surface area (Å²) < 4.78 is 6.43. The molecule has 0 heterocycles. The van der Waals surface area contributed by atoms with Crippen LogP contribution in [0.1, 0.15) is 229 Å². The minimum Gasteiger partial charge on any atom is -0.462 e. The minimum absolute atomic E-state index is 0.0302. The van der Waals surface area contributed by atoms with Crippen LogP contribution in [0.3, 0.4) is 0 Å². The fraction of sp³-hybridized carbons (Fsp3) is 0.938. The Morgan fingerprint density at radius 2 is 1.22 bits per heavy atom. The summed E-state index contributed by atoms with van der Waals surface area (Å²) in [5.74, 6) is 2.18. The summed E-state index contributed by atoms with van der Waals surface area (Å²) in [5.41, 5.74) is 3.87. The van der Waals surface area contributed by atoms with Crippen LogP contribution in [0.25, 0.3) is 0 Å². The van der Waals surface area contributed by atoms with E-state index in [1.807, 2.05) is 5.57 Å². The maximum Gasteiger partial charge on any atom is 0.306 e. The fourth-order valence-electron chi connectivity index (χ4n) is 13.6. The van der Waals surface area contributed by atoms with E-state index in [2.05, 4.69) is 68.4 Å². The van der Waals surface area contributed by atoms with Crippen molar-refractivity contribution in [2.24, 2.45) is 50.2 Å². The Bertz CT molecular complexity index is 1150. The van der Waals surface area contributed by atoms with Crippen LogP contribution in [0, 0.1) is 50.2 Å². The summed E-state index contributed by atoms with van der Waals surface area (Å²) in [4.78, 5) is 13.2. The van der Waals surface area contributed by atoms with Gasteiger partial charge in [0.25, 0.3) is 0 Å². The first-order chi connectivity index (χ1) is 23.6. The third-order valence-electron chi connectivity index (χ3n) is 17.3. The van der Waals surface area contributed by atoms with Gasteiger partial charge in [0.2, 0.25) is 0 Å². The molecule has 0 unspecified atom stereocenters. The van der Waals surface area contributed by atoms with Crippen LogP contribution in [0.15, 0.2) is 11.6 Å². The molecule has 0 aromatic carbocycles. The zero-order chi connectivity index (χ0) is 36.3. The Kier molecular flexibility index (Phi) is 13.2. The summed E-state index contributed by atoms with van der Waals surface area (Å²) in [6, 6.07) is 0. The number of hydrogen-bond acceptors (Lipinski definition) is 2. The second-order valence-corrected chi connectivity index (χ2v) is 21.4. The topological polar surface area (TPSA) is 26.3 Å². The van der Waals surface area contributed by atoms with E-state index < -0.39 is 0 Å². The van der Waals surface area contributed by atoms with Gasteiger partial charge in [0.1, 0.15) is 6.10 Å². The van der Waals surface area contributed by atoms with Crippen molar-refractivity contribution in [3.05, 3.63) is 11.6 Å².